The third-order valence-corrected chi connectivity index (χ3v) is 6.22. The summed E-state index contributed by atoms with van der Waals surface area (Å²) < 4.78 is 49.9. The molecule has 2 rings (SSSR count). The van der Waals surface area contributed by atoms with Gasteiger partial charge < -0.3 is 9.47 Å². The Balaban J connectivity index is 1.86. The van der Waals surface area contributed by atoms with Crippen LogP contribution >= 0.6 is 0 Å². The van der Waals surface area contributed by atoms with Gasteiger partial charge in [0.25, 0.3) is 6.10 Å². The van der Waals surface area contributed by atoms with Gasteiger partial charge in [-0.2, -0.15) is 13.2 Å². The molecule has 0 radical (unpaired) electrons. The van der Waals surface area contributed by atoms with Crippen LogP contribution in [0.4, 0.5) is 13.2 Å². The topological polar surface area (TPSA) is 35.5 Å². The van der Waals surface area contributed by atoms with Crippen molar-refractivity contribution in [2.45, 2.75) is 103 Å². The van der Waals surface area contributed by atoms with Crippen molar-refractivity contribution < 1.29 is 27.4 Å². The van der Waals surface area contributed by atoms with Gasteiger partial charge in [-0.05, 0) is 48.1 Å². The third-order valence-electron chi connectivity index (χ3n) is 6.22. The van der Waals surface area contributed by atoms with Gasteiger partial charge in [0.1, 0.15) is 5.75 Å². The number of esters is 1. The fourth-order valence-corrected chi connectivity index (χ4v) is 4.06. The summed E-state index contributed by atoms with van der Waals surface area (Å²) in [6.45, 7) is 4.15. The smallest absolute Gasteiger partial charge is 0.424 e. The average Bonchev–Trinajstić information content (AvgIpc) is 2.85. The first-order chi connectivity index (χ1) is 17.3. The van der Waals surface area contributed by atoms with Crippen LogP contribution in [-0.2, 0) is 16.0 Å². The van der Waals surface area contributed by atoms with Crippen molar-refractivity contribution in [2.24, 2.45) is 0 Å². The zero-order valence-electron chi connectivity index (χ0n) is 21.7. The van der Waals surface area contributed by atoms with Gasteiger partial charge in [0, 0.05) is 6.61 Å². The van der Waals surface area contributed by atoms with E-state index < -0.39 is 18.2 Å². The number of aryl methyl sites for hydroxylation is 1. The van der Waals surface area contributed by atoms with Crippen LogP contribution in [0.5, 0.6) is 5.75 Å². The molecule has 0 aliphatic carbocycles. The molecule has 0 heterocycles. The first kappa shape index (κ1) is 29.9. The predicted molar refractivity (Wildman–Crippen MR) is 139 cm³/mol. The molecule has 0 spiro atoms. The van der Waals surface area contributed by atoms with Crippen LogP contribution in [0.15, 0.2) is 48.5 Å². The van der Waals surface area contributed by atoms with Crippen LogP contribution in [0.3, 0.4) is 0 Å². The lowest BCUT2D eigenvalue weighted by Crippen LogP contribution is -2.42. The molecule has 1 atom stereocenters. The number of alkyl halides is 3. The van der Waals surface area contributed by atoms with E-state index in [9.17, 15) is 18.0 Å². The molecule has 36 heavy (non-hydrogen) atoms. The lowest BCUT2D eigenvalue weighted by atomic mass is 10.0. The van der Waals surface area contributed by atoms with Crippen LogP contribution in [0.1, 0.15) is 90.0 Å². The van der Waals surface area contributed by atoms with E-state index in [1.807, 2.05) is 12.1 Å². The van der Waals surface area contributed by atoms with E-state index in [1.54, 1.807) is 12.1 Å². The van der Waals surface area contributed by atoms with Crippen LogP contribution < -0.4 is 4.74 Å². The van der Waals surface area contributed by atoms with Crippen LogP contribution in [0.25, 0.3) is 11.1 Å². The Bertz CT molecular complexity index is 861. The van der Waals surface area contributed by atoms with Gasteiger partial charge in [-0.3, -0.25) is 0 Å². The molecule has 2 aromatic carbocycles. The SMILES string of the molecule is CCCCCCCCc1ccc(-c2ccc(OC(=O)C(OCCCCCCC)C(F)(F)F)cc2)cc1. The highest BCUT2D eigenvalue weighted by molar-refractivity contribution is 5.78. The molecular weight excluding hydrogens is 465 g/mol. The Hall–Kier alpha value is -2.34. The molecular formula is C30H41F3O3. The van der Waals surface area contributed by atoms with Crippen molar-refractivity contribution in [2.75, 3.05) is 6.61 Å². The highest BCUT2D eigenvalue weighted by atomic mass is 19.4. The first-order valence-corrected chi connectivity index (χ1v) is 13.4. The van der Waals surface area contributed by atoms with Crippen molar-refractivity contribution in [1.29, 1.82) is 0 Å². The Morgan fingerprint density at radius 1 is 0.722 bits per heavy atom. The van der Waals surface area contributed by atoms with Crippen LogP contribution in [0.2, 0.25) is 0 Å². The third kappa shape index (κ3) is 11.2. The maximum absolute atomic E-state index is 13.3. The second-order valence-electron chi connectivity index (χ2n) is 9.37. The highest BCUT2D eigenvalue weighted by Gasteiger charge is 2.47. The van der Waals surface area contributed by atoms with Crippen molar-refractivity contribution in [1.82, 2.24) is 0 Å². The molecule has 0 saturated carbocycles. The number of hydrogen-bond donors (Lipinski definition) is 0. The molecule has 0 aromatic heterocycles. The first-order valence-electron chi connectivity index (χ1n) is 13.4. The fraction of sp³-hybridized carbons (Fsp3) is 0.567. The lowest BCUT2D eigenvalue weighted by Gasteiger charge is -2.19. The van der Waals surface area contributed by atoms with E-state index in [0.29, 0.717) is 6.42 Å². The largest absolute Gasteiger partial charge is 0.425 e. The van der Waals surface area contributed by atoms with Gasteiger partial charge in [-0.1, -0.05) is 108 Å². The molecule has 0 bridgehead atoms. The minimum atomic E-state index is -4.82. The zero-order valence-corrected chi connectivity index (χ0v) is 21.7. The van der Waals surface area contributed by atoms with Crippen molar-refractivity contribution in [3.05, 3.63) is 54.1 Å². The minimum absolute atomic E-state index is 0.0595. The van der Waals surface area contributed by atoms with Crippen LogP contribution in [-0.4, -0.2) is 24.9 Å². The van der Waals surface area contributed by atoms with Crippen molar-refractivity contribution in [3.63, 3.8) is 0 Å². The van der Waals surface area contributed by atoms with Gasteiger partial charge >= 0.3 is 12.1 Å². The molecule has 1 unspecified atom stereocenters. The number of rotatable bonds is 17. The number of ether oxygens (including phenoxy) is 2. The Morgan fingerprint density at radius 2 is 1.22 bits per heavy atom. The number of unbranched alkanes of at least 4 members (excludes halogenated alkanes) is 9. The van der Waals surface area contributed by atoms with E-state index in [4.69, 9.17) is 9.47 Å². The normalized spacial score (nSPS) is 12.5. The molecule has 0 N–H and O–H groups in total. The Morgan fingerprint density at radius 3 is 1.78 bits per heavy atom. The number of carbonyl (C=O) groups is 1. The summed E-state index contributed by atoms with van der Waals surface area (Å²) in [5.41, 5.74) is 3.19. The summed E-state index contributed by atoms with van der Waals surface area (Å²) in [7, 11) is 0. The fourth-order valence-electron chi connectivity index (χ4n) is 4.06. The zero-order chi connectivity index (χ0) is 26.2. The maximum atomic E-state index is 13.3. The maximum Gasteiger partial charge on any atom is 0.425 e. The molecule has 3 nitrogen and oxygen atoms in total. The van der Waals surface area contributed by atoms with E-state index >= 15 is 0 Å². The van der Waals surface area contributed by atoms with E-state index in [-0.39, 0.29) is 12.4 Å². The number of carbonyl (C=O) groups excluding carboxylic acids is 1. The van der Waals surface area contributed by atoms with E-state index in [0.717, 1.165) is 43.2 Å². The molecule has 0 aliphatic heterocycles. The van der Waals surface area contributed by atoms with E-state index in [2.05, 4.69) is 26.0 Å². The summed E-state index contributed by atoms with van der Waals surface area (Å²) >= 11 is 0. The summed E-state index contributed by atoms with van der Waals surface area (Å²) in [6, 6.07) is 14.8. The van der Waals surface area contributed by atoms with Gasteiger partial charge in [0.05, 0.1) is 0 Å². The average molecular weight is 507 g/mol. The van der Waals surface area contributed by atoms with Crippen molar-refractivity contribution in [3.8, 4) is 16.9 Å². The Kier molecular flexibility index (Phi) is 13.6. The van der Waals surface area contributed by atoms with Crippen molar-refractivity contribution >= 4 is 5.97 Å². The standard InChI is InChI=1S/C30H41F3O3/c1-3-5-7-9-10-12-14-24-15-17-25(18-16-24)26-19-21-27(22-20-26)36-29(34)28(30(31,32)33)35-23-13-11-8-6-4-2/h15-22,28H,3-14,23H2,1-2H3. The molecule has 2 aromatic rings. The number of hydrogen-bond acceptors (Lipinski definition) is 3. The van der Waals surface area contributed by atoms with E-state index in [1.165, 1.54) is 56.2 Å². The van der Waals surface area contributed by atoms with Gasteiger partial charge in [-0.15, -0.1) is 0 Å². The monoisotopic (exact) mass is 506 g/mol. The second kappa shape index (κ2) is 16.4. The Labute approximate surface area is 214 Å². The molecule has 0 aliphatic rings. The lowest BCUT2D eigenvalue weighted by molar-refractivity contribution is -0.225. The molecule has 0 fully saturated rings. The quantitative estimate of drug-likeness (QED) is 0.122. The predicted octanol–water partition coefficient (Wildman–Crippen LogP) is 9.08. The van der Waals surface area contributed by atoms with Gasteiger partial charge in [-0.25, -0.2) is 4.79 Å². The molecule has 0 saturated heterocycles. The second-order valence-corrected chi connectivity index (χ2v) is 9.37. The molecule has 6 heteroatoms. The number of benzene rings is 2. The summed E-state index contributed by atoms with van der Waals surface area (Å²) in [6.07, 6.45) is 5.52. The summed E-state index contributed by atoms with van der Waals surface area (Å²) in [4.78, 5) is 12.2. The minimum Gasteiger partial charge on any atom is -0.424 e. The van der Waals surface area contributed by atoms with Crippen LogP contribution in [0, 0.1) is 0 Å². The summed E-state index contributed by atoms with van der Waals surface area (Å²) in [5, 5.41) is 0. The number of halogens is 3. The van der Waals surface area contributed by atoms with Gasteiger partial charge in [0.2, 0.25) is 0 Å². The van der Waals surface area contributed by atoms with Gasteiger partial charge in [0.15, 0.2) is 0 Å². The molecule has 200 valence electrons. The highest BCUT2D eigenvalue weighted by Crippen LogP contribution is 2.27. The summed E-state index contributed by atoms with van der Waals surface area (Å²) in [5.74, 6) is -1.38. The molecule has 0 amide bonds.